The van der Waals surface area contributed by atoms with Crippen molar-refractivity contribution in [2.24, 2.45) is 5.92 Å². The maximum Gasteiger partial charge on any atom is 0.410 e. The molecule has 10 nitrogen and oxygen atoms in total. The minimum Gasteiger partial charge on any atom is -0.474 e. The molecular weight excluding hydrogens is 567 g/mol. The fraction of sp³-hybridized carbons (Fsp3) is 0.667. The molecule has 3 atom stereocenters. The second kappa shape index (κ2) is 17.3. The van der Waals surface area contributed by atoms with Gasteiger partial charge in [-0.2, -0.15) is 4.98 Å². The Morgan fingerprint density at radius 3 is 2.36 bits per heavy atom. The highest BCUT2D eigenvalue weighted by Crippen LogP contribution is 2.38. The van der Waals surface area contributed by atoms with Gasteiger partial charge in [0, 0.05) is 36.7 Å². The van der Waals surface area contributed by atoms with Gasteiger partial charge in [0.15, 0.2) is 11.0 Å². The molecular formula is C30H48ClFN4O6. The standard InChI is InChI=1S/C26H38ClFN4O4.C2H4O2.C2H6/c1-9-17-12-32(25(33)36-26(6,7)8)18(13-34-10-2)11-29-23-20-19(14(3)15(4)30-23)21(28)22(27)31-24(20)35-16(17)5;1-4-2-3;1-2/h16-18H,9-13H2,1-8H3,(H,29,30);2H,1H3;1-2H3. The Labute approximate surface area is 254 Å². The van der Waals surface area contributed by atoms with Gasteiger partial charge < -0.3 is 29.2 Å². The highest BCUT2D eigenvalue weighted by Gasteiger charge is 2.34. The Bertz CT molecular complexity index is 1170. The van der Waals surface area contributed by atoms with Gasteiger partial charge in [-0.05, 0) is 60.5 Å². The molecule has 2 aromatic rings. The molecule has 3 heterocycles. The molecule has 0 saturated carbocycles. The lowest BCUT2D eigenvalue weighted by Crippen LogP contribution is -2.51. The van der Waals surface area contributed by atoms with Gasteiger partial charge in [-0.15, -0.1) is 0 Å². The number of aromatic nitrogens is 2. The molecule has 0 fully saturated rings. The van der Waals surface area contributed by atoms with E-state index in [0.29, 0.717) is 60.6 Å². The molecule has 42 heavy (non-hydrogen) atoms. The van der Waals surface area contributed by atoms with Crippen LogP contribution in [0.3, 0.4) is 0 Å². The van der Waals surface area contributed by atoms with E-state index in [1.54, 1.807) is 11.8 Å². The SMILES string of the molecule is CC.CCOCC1CNc2nc(C)c(C)c3c(F)c(Cl)nc(c23)OC(C)C(CC)CN1C(=O)OC(C)(C)C.COC=O. The Morgan fingerprint density at radius 2 is 1.83 bits per heavy atom. The number of hydrogen-bond acceptors (Lipinski definition) is 9. The van der Waals surface area contributed by atoms with Crippen molar-refractivity contribution in [3.8, 4) is 5.88 Å². The Balaban J connectivity index is 0.00000135. The number of anilines is 1. The van der Waals surface area contributed by atoms with Crippen LogP contribution in [-0.4, -0.2) is 78.6 Å². The first-order valence-corrected chi connectivity index (χ1v) is 14.8. The summed E-state index contributed by atoms with van der Waals surface area (Å²) in [6.07, 6.45) is -0.0648. The lowest BCUT2D eigenvalue weighted by Gasteiger charge is -2.36. The number of halogens is 2. The summed E-state index contributed by atoms with van der Waals surface area (Å²) in [7, 11) is 1.31. The summed E-state index contributed by atoms with van der Waals surface area (Å²) in [5.74, 6) is -0.0456. The third-order valence-corrected chi connectivity index (χ3v) is 6.85. The van der Waals surface area contributed by atoms with Gasteiger partial charge in [-0.1, -0.05) is 32.4 Å². The summed E-state index contributed by atoms with van der Waals surface area (Å²) in [5, 5.41) is 3.83. The first kappa shape index (κ1) is 37.1. The molecule has 0 bridgehead atoms. The third-order valence-electron chi connectivity index (χ3n) is 6.60. The largest absolute Gasteiger partial charge is 0.474 e. The van der Waals surface area contributed by atoms with Gasteiger partial charge in [-0.3, -0.25) is 4.79 Å². The molecule has 0 aromatic carbocycles. The molecule has 2 aromatic heterocycles. The molecule has 1 aliphatic heterocycles. The van der Waals surface area contributed by atoms with Gasteiger partial charge in [0.25, 0.3) is 6.47 Å². The molecule has 1 aliphatic rings. The van der Waals surface area contributed by atoms with Crippen LogP contribution in [0.5, 0.6) is 5.88 Å². The predicted octanol–water partition coefficient (Wildman–Crippen LogP) is 6.72. The van der Waals surface area contributed by atoms with Gasteiger partial charge in [-0.25, -0.2) is 14.2 Å². The average molecular weight is 615 g/mol. The number of hydrogen-bond donors (Lipinski definition) is 1. The van der Waals surface area contributed by atoms with Crippen LogP contribution in [0.15, 0.2) is 0 Å². The smallest absolute Gasteiger partial charge is 0.410 e. The van der Waals surface area contributed by atoms with Gasteiger partial charge in [0.05, 0.1) is 25.1 Å². The minimum atomic E-state index is -0.660. The van der Waals surface area contributed by atoms with Crippen molar-refractivity contribution >= 4 is 40.8 Å². The van der Waals surface area contributed by atoms with Gasteiger partial charge in [0.2, 0.25) is 5.88 Å². The molecule has 238 valence electrons. The zero-order valence-electron chi connectivity index (χ0n) is 26.9. The van der Waals surface area contributed by atoms with E-state index in [1.165, 1.54) is 7.11 Å². The topological polar surface area (TPSA) is 112 Å². The van der Waals surface area contributed by atoms with E-state index in [-0.39, 0.29) is 29.1 Å². The summed E-state index contributed by atoms with van der Waals surface area (Å²) < 4.78 is 37.0. The third kappa shape index (κ3) is 9.83. The van der Waals surface area contributed by atoms with Crippen molar-refractivity contribution in [1.82, 2.24) is 14.9 Å². The van der Waals surface area contributed by atoms with Crippen LogP contribution in [-0.2, 0) is 19.0 Å². The molecule has 3 unspecified atom stereocenters. The van der Waals surface area contributed by atoms with Crippen molar-refractivity contribution in [1.29, 1.82) is 0 Å². The van der Waals surface area contributed by atoms with Crippen molar-refractivity contribution in [3.05, 3.63) is 22.2 Å². The molecule has 0 aliphatic carbocycles. The van der Waals surface area contributed by atoms with E-state index in [4.69, 9.17) is 35.6 Å². The second-order valence-corrected chi connectivity index (χ2v) is 11.0. The van der Waals surface area contributed by atoms with E-state index < -0.39 is 17.5 Å². The number of carbonyl (C=O) groups excluding carboxylic acids is 2. The maximum atomic E-state index is 15.3. The number of aryl methyl sites for hydroxylation is 2. The summed E-state index contributed by atoms with van der Waals surface area (Å²) >= 11 is 6.20. The summed E-state index contributed by atoms with van der Waals surface area (Å²) in [4.78, 5) is 33.0. The number of amides is 1. The molecule has 1 N–H and O–H groups in total. The fourth-order valence-electron chi connectivity index (χ4n) is 4.34. The van der Waals surface area contributed by atoms with Gasteiger partial charge in [0.1, 0.15) is 17.5 Å². The number of carbonyl (C=O) groups is 2. The van der Waals surface area contributed by atoms with E-state index in [1.807, 2.05) is 62.3 Å². The maximum absolute atomic E-state index is 15.3. The Morgan fingerprint density at radius 1 is 1.21 bits per heavy atom. The molecule has 0 saturated heterocycles. The van der Waals surface area contributed by atoms with Crippen LogP contribution in [0.25, 0.3) is 10.8 Å². The number of nitrogens with one attached hydrogen (secondary N) is 1. The minimum absolute atomic E-state index is 0.0663. The number of pyridine rings is 2. The van der Waals surface area contributed by atoms with E-state index in [0.717, 1.165) is 6.42 Å². The summed E-state index contributed by atoms with van der Waals surface area (Å²) in [6, 6.07) is -0.369. The number of ether oxygens (including phenoxy) is 4. The highest BCUT2D eigenvalue weighted by atomic mass is 35.5. The van der Waals surface area contributed by atoms with Crippen molar-refractivity contribution < 1.29 is 32.9 Å². The van der Waals surface area contributed by atoms with Crippen LogP contribution in [0.4, 0.5) is 15.0 Å². The van der Waals surface area contributed by atoms with Crippen LogP contribution in [0, 0.1) is 25.6 Å². The second-order valence-electron chi connectivity index (χ2n) is 10.6. The van der Waals surface area contributed by atoms with Crippen molar-refractivity contribution in [3.63, 3.8) is 0 Å². The van der Waals surface area contributed by atoms with E-state index in [9.17, 15) is 4.79 Å². The zero-order chi connectivity index (χ0) is 32.2. The number of methoxy groups -OCH3 is 1. The quantitative estimate of drug-likeness (QED) is 0.290. The van der Waals surface area contributed by atoms with Crippen molar-refractivity contribution in [2.75, 3.05) is 38.7 Å². The zero-order valence-corrected chi connectivity index (χ0v) is 27.6. The molecule has 3 rings (SSSR count). The van der Waals surface area contributed by atoms with E-state index in [2.05, 4.69) is 15.0 Å². The lowest BCUT2D eigenvalue weighted by molar-refractivity contribution is -0.126. The predicted molar refractivity (Wildman–Crippen MR) is 164 cm³/mol. The van der Waals surface area contributed by atoms with Crippen molar-refractivity contribution in [2.45, 2.75) is 93.4 Å². The fourth-order valence-corrected chi connectivity index (χ4v) is 4.51. The van der Waals surface area contributed by atoms with Crippen LogP contribution < -0.4 is 10.1 Å². The highest BCUT2D eigenvalue weighted by molar-refractivity contribution is 6.30. The summed E-state index contributed by atoms with van der Waals surface area (Å²) in [5.41, 5.74) is 0.655. The van der Waals surface area contributed by atoms with E-state index >= 15 is 4.39 Å². The molecule has 1 amide bonds. The number of rotatable bonds is 5. The lowest BCUT2D eigenvalue weighted by atomic mass is 9.99. The normalized spacial score (nSPS) is 18.6. The molecule has 0 spiro atoms. The van der Waals surface area contributed by atoms with Crippen LogP contribution in [0.1, 0.15) is 73.1 Å². The Kier molecular flexibility index (Phi) is 15.2. The van der Waals surface area contributed by atoms with Crippen LogP contribution >= 0.6 is 11.6 Å². The summed E-state index contributed by atoms with van der Waals surface area (Å²) in [6.45, 7) is 20.9. The average Bonchev–Trinajstić information content (AvgIpc) is 2.95. The molecule has 0 radical (unpaired) electrons. The number of nitrogens with zero attached hydrogens (tertiary/aromatic N) is 3. The first-order valence-electron chi connectivity index (χ1n) is 14.4. The van der Waals surface area contributed by atoms with Crippen LogP contribution in [0.2, 0.25) is 5.15 Å². The first-order chi connectivity index (χ1) is 19.8. The Hall–Kier alpha value is -2.92. The molecule has 12 heteroatoms. The monoisotopic (exact) mass is 614 g/mol. The van der Waals surface area contributed by atoms with Gasteiger partial charge >= 0.3 is 6.09 Å².